The average molecular weight is 306 g/mol. The van der Waals surface area contributed by atoms with Gasteiger partial charge in [0.15, 0.2) is 0 Å². The molecule has 0 spiro atoms. The summed E-state index contributed by atoms with van der Waals surface area (Å²) in [5, 5.41) is 13.0. The van der Waals surface area contributed by atoms with Crippen molar-refractivity contribution in [1.82, 2.24) is 0 Å². The van der Waals surface area contributed by atoms with Crippen LogP contribution in [0, 0.1) is 0 Å². The first-order valence-corrected chi connectivity index (χ1v) is 6.71. The Morgan fingerprint density at radius 1 is 1.11 bits per heavy atom. The zero-order valence-electron chi connectivity index (χ0n) is 10.2. The second kappa shape index (κ2) is 6.03. The van der Waals surface area contributed by atoms with E-state index in [2.05, 4.69) is 33.4 Å². The minimum atomic E-state index is -0.460. The molecule has 0 amide bonds. The first-order valence-electron chi connectivity index (χ1n) is 5.92. The van der Waals surface area contributed by atoms with E-state index in [0.717, 1.165) is 22.3 Å². The molecule has 94 valence electrons. The topological polar surface area (TPSA) is 32.3 Å². The molecule has 3 heteroatoms. The molecule has 0 radical (unpaired) electrons. The van der Waals surface area contributed by atoms with E-state index in [1.165, 1.54) is 5.56 Å². The molecule has 0 fully saturated rings. The molecule has 0 heterocycles. The number of aliphatic hydroxyl groups excluding tert-OH is 1. The van der Waals surface area contributed by atoms with E-state index >= 15 is 0 Å². The van der Waals surface area contributed by atoms with Crippen LogP contribution in [0.25, 0.3) is 0 Å². The van der Waals surface area contributed by atoms with Crippen molar-refractivity contribution in [3.8, 4) is 0 Å². The van der Waals surface area contributed by atoms with Crippen LogP contribution in [-0.4, -0.2) is 5.11 Å². The Bertz CT molecular complexity index is 508. The number of aliphatic hydroxyl groups is 1. The van der Waals surface area contributed by atoms with Crippen LogP contribution in [-0.2, 0) is 6.54 Å². The molecule has 2 aromatic rings. The molecule has 2 nitrogen and oxygen atoms in total. The molecule has 0 aliphatic rings. The number of rotatable bonds is 4. The van der Waals surface area contributed by atoms with Crippen molar-refractivity contribution in [2.24, 2.45) is 0 Å². The van der Waals surface area contributed by atoms with Gasteiger partial charge in [-0.1, -0.05) is 46.3 Å². The van der Waals surface area contributed by atoms with Crippen LogP contribution in [0.4, 0.5) is 5.69 Å². The number of halogens is 1. The lowest BCUT2D eigenvalue weighted by Crippen LogP contribution is -2.04. The second-order valence-electron chi connectivity index (χ2n) is 4.24. The summed E-state index contributed by atoms with van der Waals surface area (Å²) in [5.74, 6) is 0. The number of hydrogen-bond acceptors (Lipinski definition) is 2. The Kier molecular flexibility index (Phi) is 4.39. The van der Waals surface area contributed by atoms with E-state index in [9.17, 15) is 5.11 Å². The third-order valence-corrected chi connectivity index (χ3v) is 3.34. The van der Waals surface area contributed by atoms with Crippen molar-refractivity contribution in [1.29, 1.82) is 0 Å². The van der Waals surface area contributed by atoms with Crippen molar-refractivity contribution in [3.63, 3.8) is 0 Å². The molecule has 0 aromatic heterocycles. The van der Waals surface area contributed by atoms with Gasteiger partial charge in [0.2, 0.25) is 0 Å². The maximum absolute atomic E-state index is 9.69. The fourth-order valence-corrected chi connectivity index (χ4v) is 2.09. The zero-order valence-corrected chi connectivity index (χ0v) is 11.8. The molecule has 18 heavy (non-hydrogen) atoms. The lowest BCUT2D eigenvalue weighted by molar-refractivity contribution is 0.200. The Balaban J connectivity index is 2.08. The first kappa shape index (κ1) is 13.1. The standard InChI is InChI=1S/C15H16BrNO/c1-11(18)14-4-2-3-5-15(14)17-10-12-6-8-13(16)9-7-12/h2-9,11,17-18H,10H2,1H3. The van der Waals surface area contributed by atoms with Gasteiger partial charge in [-0.3, -0.25) is 0 Å². The fraction of sp³-hybridized carbons (Fsp3) is 0.200. The summed E-state index contributed by atoms with van der Waals surface area (Å²) in [6.07, 6.45) is -0.460. The number of nitrogens with one attached hydrogen (secondary N) is 1. The van der Waals surface area contributed by atoms with Crippen LogP contribution in [0.15, 0.2) is 53.0 Å². The number of anilines is 1. The molecule has 0 saturated carbocycles. The van der Waals surface area contributed by atoms with Crippen molar-refractivity contribution in [2.45, 2.75) is 19.6 Å². The van der Waals surface area contributed by atoms with Crippen LogP contribution in [0.3, 0.4) is 0 Å². The summed E-state index contributed by atoms with van der Waals surface area (Å²) in [4.78, 5) is 0. The zero-order chi connectivity index (χ0) is 13.0. The minimum absolute atomic E-state index is 0.460. The van der Waals surface area contributed by atoms with Gasteiger partial charge in [0.05, 0.1) is 6.10 Å². The smallest absolute Gasteiger partial charge is 0.0781 e. The highest BCUT2D eigenvalue weighted by molar-refractivity contribution is 9.10. The highest BCUT2D eigenvalue weighted by Gasteiger charge is 2.06. The normalized spacial score (nSPS) is 12.2. The van der Waals surface area contributed by atoms with E-state index in [0.29, 0.717) is 0 Å². The molecule has 1 atom stereocenters. The average Bonchev–Trinajstić information content (AvgIpc) is 2.38. The van der Waals surface area contributed by atoms with E-state index in [-0.39, 0.29) is 0 Å². The van der Waals surface area contributed by atoms with Crippen LogP contribution >= 0.6 is 15.9 Å². The fourth-order valence-electron chi connectivity index (χ4n) is 1.82. The van der Waals surface area contributed by atoms with E-state index in [1.54, 1.807) is 6.92 Å². The van der Waals surface area contributed by atoms with E-state index < -0.39 is 6.10 Å². The Hall–Kier alpha value is -1.32. The molecule has 0 saturated heterocycles. The molecule has 0 aliphatic heterocycles. The molecule has 2 N–H and O–H groups in total. The monoisotopic (exact) mass is 305 g/mol. The molecule has 0 bridgehead atoms. The van der Waals surface area contributed by atoms with E-state index in [4.69, 9.17) is 0 Å². The van der Waals surface area contributed by atoms with Crippen molar-refractivity contribution in [3.05, 3.63) is 64.1 Å². The molecule has 0 aliphatic carbocycles. The molecule has 2 rings (SSSR count). The van der Waals surface area contributed by atoms with Gasteiger partial charge in [0.25, 0.3) is 0 Å². The minimum Gasteiger partial charge on any atom is -0.389 e. The van der Waals surface area contributed by atoms with Crippen molar-refractivity contribution >= 4 is 21.6 Å². The van der Waals surface area contributed by atoms with Gasteiger partial charge in [-0.2, -0.15) is 0 Å². The van der Waals surface area contributed by atoms with Gasteiger partial charge < -0.3 is 10.4 Å². The van der Waals surface area contributed by atoms with Crippen molar-refractivity contribution in [2.75, 3.05) is 5.32 Å². The number of para-hydroxylation sites is 1. The third kappa shape index (κ3) is 3.34. The summed E-state index contributed by atoms with van der Waals surface area (Å²) in [5.41, 5.74) is 3.11. The molecular weight excluding hydrogens is 290 g/mol. The maximum atomic E-state index is 9.69. The van der Waals surface area contributed by atoms with Crippen LogP contribution < -0.4 is 5.32 Å². The Morgan fingerprint density at radius 3 is 2.44 bits per heavy atom. The summed E-state index contributed by atoms with van der Waals surface area (Å²) in [7, 11) is 0. The molecule has 1 unspecified atom stereocenters. The molecule has 2 aromatic carbocycles. The van der Waals surface area contributed by atoms with Gasteiger partial charge >= 0.3 is 0 Å². The maximum Gasteiger partial charge on any atom is 0.0781 e. The van der Waals surface area contributed by atoms with Gasteiger partial charge in [-0.25, -0.2) is 0 Å². The number of hydrogen-bond donors (Lipinski definition) is 2. The SMILES string of the molecule is CC(O)c1ccccc1NCc1ccc(Br)cc1. The highest BCUT2D eigenvalue weighted by Crippen LogP contribution is 2.22. The van der Waals surface area contributed by atoms with Gasteiger partial charge in [0.1, 0.15) is 0 Å². The van der Waals surface area contributed by atoms with Crippen LogP contribution in [0.2, 0.25) is 0 Å². The van der Waals surface area contributed by atoms with Crippen LogP contribution in [0.1, 0.15) is 24.2 Å². The molecular formula is C15H16BrNO. The lowest BCUT2D eigenvalue weighted by Gasteiger charge is -2.14. The quantitative estimate of drug-likeness (QED) is 0.891. The summed E-state index contributed by atoms with van der Waals surface area (Å²) in [6.45, 7) is 2.52. The lowest BCUT2D eigenvalue weighted by atomic mass is 10.1. The first-order chi connectivity index (χ1) is 8.66. The van der Waals surface area contributed by atoms with Crippen LogP contribution in [0.5, 0.6) is 0 Å². The predicted molar refractivity (Wildman–Crippen MR) is 78.5 cm³/mol. The van der Waals surface area contributed by atoms with Gasteiger partial charge in [-0.05, 0) is 30.7 Å². The van der Waals surface area contributed by atoms with Gasteiger partial charge in [0, 0.05) is 22.3 Å². The predicted octanol–water partition coefficient (Wildman–Crippen LogP) is 4.11. The summed E-state index contributed by atoms with van der Waals surface area (Å²) >= 11 is 3.42. The third-order valence-electron chi connectivity index (χ3n) is 2.81. The van der Waals surface area contributed by atoms with E-state index in [1.807, 2.05) is 36.4 Å². The largest absolute Gasteiger partial charge is 0.389 e. The number of benzene rings is 2. The Labute approximate surface area is 116 Å². The highest BCUT2D eigenvalue weighted by atomic mass is 79.9. The second-order valence-corrected chi connectivity index (χ2v) is 5.16. The summed E-state index contributed by atoms with van der Waals surface area (Å²) in [6, 6.07) is 16.0. The Morgan fingerprint density at radius 2 is 1.78 bits per heavy atom. The van der Waals surface area contributed by atoms with Gasteiger partial charge in [-0.15, -0.1) is 0 Å². The van der Waals surface area contributed by atoms with Crippen molar-refractivity contribution < 1.29 is 5.11 Å². The summed E-state index contributed by atoms with van der Waals surface area (Å²) < 4.78 is 1.08.